The highest BCUT2D eigenvalue weighted by atomic mass is 16.6. The van der Waals surface area contributed by atoms with Crippen molar-refractivity contribution in [2.24, 2.45) is 0 Å². The van der Waals surface area contributed by atoms with E-state index in [-0.39, 0.29) is 32.0 Å². The van der Waals surface area contributed by atoms with Gasteiger partial charge in [-0.15, -0.1) is 0 Å². The molecule has 0 aromatic heterocycles. The van der Waals surface area contributed by atoms with Crippen LogP contribution in [0.5, 0.6) is 0 Å². The summed E-state index contributed by atoms with van der Waals surface area (Å²) in [5.41, 5.74) is 0. The van der Waals surface area contributed by atoms with Gasteiger partial charge in [0.05, 0.1) is 12.8 Å². The SMILES string of the molecule is CCCCCCCCC=CCCCCCCCC(=O)OCC(O)COC(=O)CCC(=O)O. The monoisotopic (exact) mass is 456 g/mol. The van der Waals surface area contributed by atoms with Crippen LogP contribution < -0.4 is 0 Å². The predicted molar refractivity (Wildman–Crippen MR) is 124 cm³/mol. The summed E-state index contributed by atoms with van der Waals surface area (Å²) in [7, 11) is 0. The maximum atomic E-state index is 11.7. The zero-order valence-electron chi connectivity index (χ0n) is 19.9. The molecule has 0 saturated heterocycles. The summed E-state index contributed by atoms with van der Waals surface area (Å²) in [6.45, 7) is 1.68. The zero-order valence-corrected chi connectivity index (χ0v) is 19.9. The molecule has 0 aliphatic heterocycles. The molecule has 32 heavy (non-hydrogen) atoms. The van der Waals surface area contributed by atoms with Crippen LogP contribution in [0.25, 0.3) is 0 Å². The lowest BCUT2D eigenvalue weighted by Crippen LogP contribution is -2.25. The van der Waals surface area contributed by atoms with Crippen molar-refractivity contribution in [1.82, 2.24) is 0 Å². The molecule has 1 atom stereocenters. The van der Waals surface area contributed by atoms with Crippen LogP contribution in [-0.4, -0.2) is 47.4 Å². The van der Waals surface area contributed by atoms with E-state index >= 15 is 0 Å². The Labute approximate surface area is 193 Å². The third-order valence-electron chi connectivity index (χ3n) is 5.06. The van der Waals surface area contributed by atoms with E-state index in [4.69, 9.17) is 14.6 Å². The standard InChI is InChI=1S/C25H44O7/c1-2-3-4-5-6-7-8-9-10-11-12-13-14-15-16-17-24(29)31-20-22(26)21-32-25(30)19-18-23(27)28/h9-10,22,26H,2-8,11-21H2,1H3,(H,27,28). The summed E-state index contributed by atoms with van der Waals surface area (Å²) in [5.74, 6) is -2.17. The summed E-state index contributed by atoms with van der Waals surface area (Å²) in [6.07, 6.45) is 18.7. The lowest BCUT2D eigenvalue weighted by Gasteiger charge is -2.11. The lowest BCUT2D eigenvalue weighted by atomic mass is 10.1. The van der Waals surface area contributed by atoms with Gasteiger partial charge in [0.25, 0.3) is 0 Å². The number of rotatable bonds is 22. The second-order valence-electron chi connectivity index (χ2n) is 8.25. The van der Waals surface area contributed by atoms with E-state index in [2.05, 4.69) is 19.1 Å². The molecule has 2 N–H and O–H groups in total. The number of ether oxygens (including phenoxy) is 2. The van der Waals surface area contributed by atoms with Crippen molar-refractivity contribution < 1.29 is 34.1 Å². The van der Waals surface area contributed by atoms with Crippen molar-refractivity contribution in [3.63, 3.8) is 0 Å². The second-order valence-corrected chi connectivity index (χ2v) is 8.25. The number of carboxylic acids is 1. The molecule has 0 aromatic carbocycles. The van der Waals surface area contributed by atoms with Crippen LogP contribution >= 0.6 is 0 Å². The number of allylic oxidation sites excluding steroid dienone is 2. The highest BCUT2D eigenvalue weighted by Gasteiger charge is 2.12. The normalized spacial score (nSPS) is 12.1. The van der Waals surface area contributed by atoms with E-state index in [0.29, 0.717) is 6.42 Å². The van der Waals surface area contributed by atoms with Gasteiger partial charge in [0.2, 0.25) is 0 Å². The van der Waals surface area contributed by atoms with Crippen LogP contribution in [0.3, 0.4) is 0 Å². The Hall–Kier alpha value is -1.89. The smallest absolute Gasteiger partial charge is 0.306 e. The summed E-state index contributed by atoms with van der Waals surface area (Å²) in [6, 6.07) is 0. The van der Waals surface area contributed by atoms with Crippen molar-refractivity contribution in [2.75, 3.05) is 13.2 Å². The zero-order chi connectivity index (χ0) is 23.9. The van der Waals surface area contributed by atoms with Gasteiger partial charge < -0.3 is 19.7 Å². The van der Waals surface area contributed by atoms with Gasteiger partial charge in [-0.25, -0.2) is 0 Å². The maximum Gasteiger partial charge on any atom is 0.306 e. The first-order chi connectivity index (χ1) is 15.5. The molecule has 0 amide bonds. The van der Waals surface area contributed by atoms with Crippen LogP contribution in [0.1, 0.15) is 110 Å². The minimum Gasteiger partial charge on any atom is -0.481 e. The number of aliphatic hydroxyl groups is 1. The molecule has 0 heterocycles. The molecule has 0 bridgehead atoms. The van der Waals surface area contributed by atoms with Crippen LogP contribution in [0.2, 0.25) is 0 Å². The number of carbonyl (C=O) groups excluding carboxylic acids is 2. The molecule has 0 aliphatic carbocycles. The molecule has 0 aromatic rings. The minimum atomic E-state index is -1.11. The largest absolute Gasteiger partial charge is 0.481 e. The van der Waals surface area contributed by atoms with Crippen LogP contribution in [-0.2, 0) is 23.9 Å². The fourth-order valence-electron chi connectivity index (χ4n) is 3.12. The number of esters is 2. The van der Waals surface area contributed by atoms with Crippen LogP contribution in [0, 0.1) is 0 Å². The topological polar surface area (TPSA) is 110 Å². The first-order valence-electron chi connectivity index (χ1n) is 12.3. The number of unbranched alkanes of at least 4 members (excludes halogenated alkanes) is 11. The molecule has 0 radical (unpaired) electrons. The molecule has 0 rings (SSSR count). The molecule has 0 fully saturated rings. The number of aliphatic carboxylic acids is 1. The molecular formula is C25H44O7. The van der Waals surface area contributed by atoms with E-state index < -0.39 is 18.0 Å². The second kappa shape index (κ2) is 22.3. The van der Waals surface area contributed by atoms with Gasteiger partial charge in [-0.1, -0.05) is 70.4 Å². The number of hydrogen-bond donors (Lipinski definition) is 2. The fraction of sp³-hybridized carbons (Fsp3) is 0.800. The Balaban J connectivity index is 3.44. The predicted octanol–water partition coefficient (Wildman–Crippen LogP) is 5.34. The lowest BCUT2D eigenvalue weighted by molar-refractivity contribution is -0.154. The average Bonchev–Trinajstić information content (AvgIpc) is 2.77. The molecule has 0 spiro atoms. The first kappa shape index (κ1) is 30.1. The maximum absolute atomic E-state index is 11.7. The van der Waals surface area contributed by atoms with Crippen molar-refractivity contribution in [1.29, 1.82) is 0 Å². The number of carbonyl (C=O) groups is 3. The van der Waals surface area contributed by atoms with E-state index in [9.17, 15) is 19.5 Å². The van der Waals surface area contributed by atoms with Gasteiger partial charge >= 0.3 is 17.9 Å². The Kier molecular flexibility index (Phi) is 21.0. The summed E-state index contributed by atoms with van der Waals surface area (Å²) in [4.78, 5) is 33.3. The molecule has 186 valence electrons. The molecule has 0 saturated carbocycles. The third-order valence-corrected chi connectivity index (χ3v) is 5.06. The number of aliphatic hydroxyl groups excluding tert-OH is 1. The minimum absolute atomic E-state index is 0.240. The van der Waals surface area contributed by atoms with Gasteiger partial charge in [-0.05, 0) is 32.1 Å². The Morgan fingerprint density at radius 2 is 1.16 bits per heavy atom. The molecule has 7 heteroatoms. The van der Waals surface area contributed by atoms with Gasteiger partial charge in [0.15, 0.2) is 0 Å². The highest BCUT2D eigenvalue weighted by molar-refractivity contribution is 5.76. The number of carboxylic acid groups (broad SMARTS) is 1. The third kappa shape index (κ3) is 22.8. The van der Waals surface area contributed by atoms with Crippen molar-refractivity contribution in [3.8, 4) is 0 Å². The molecular weight excluding hydrogens is 412 g/mol. The highest BCUT2D eigenvalue weighted by Crippen LogP contribution is 2.10. The van der Waals surface area contributed by atoms with Crippen molar-refractivity contribution in [2.45, 2.75) is 116 Å². The van der Waals surface area contributed by atoms with E-state index in [1.165, 1.54) is 51.4 Å². The molecule has 7 nitrogen and oxygen atoms in total. The van der Waals surface area contributed by atoms with Gasteiger partial charge in [0, 0.05) is 6.42 Å². The Morgan fingerprint density at radius 1 is 0.688 bits per heavy atom. The van der Waals surface area contributed by atoms with Crippen molar-refractivity contribution in [3.05, 3.63) is 12.2 Å². The quantitative estimate of drug-likeness (QED) is 0.129. The molecule has 0 aliphatic rings. The van der Waals surface area contributed by atoms with E-state index in [0.717, 1.165) is 32.1 Å². The van der Waals surface area contributed by atoms with Gasteiger partial charge in [0.1, 0.15) is 19.3 Å². The summed E-state index contributed by atoms with van der Waals surface area (Å²) >= 11 is 0. The molecule has 1 unspecified atom stereocenters. The Bertz CT molecular complexity index is 516. The average molecular weight is 457 g/mol. The summed E-state index contributed by atoms with van der Waals surface area (Å²) < 4.78 is 9.70. The van der Waals surface area contributed by atoms with Crippen molar-refractivity contribution >= 4 is 17.9 Å². The van der Waals surface area contributed by atoms with Crippen LogP contribution in [0.15, 0.2) is 12.2 Å². The van der Waals surface area contributed by atoms with Gasteiger partial charge in [-0.3, -0.25) is 14.4 Å². The van der Waals surface area contributed by atoms with E-state index in [1.54, 1.807) is 0 Å². The Morgan fingerprint density at radius 3 is 1.69 bits per heavy atom. The summed E-state index contributed by atoms with van der Waals surface area (Å²) in [5, 5.41) is 18.1. The number of hydrogen-bond acceptors (Lipinski definition) is 6. The first-order valence-corrected chi connectivity index (χ1v) is 12.3. The van der Waals surface area contributed by atoms with Gasteiger partial charge in [-0.2, -0.15) is 0 Å². The van der Waals surface area contributed by atoms with Crippen LogP contribution in [0.4, 0.5) is 0 Å². The van der Waals surface area contributed by atoms with E-state index in [1.807, 2.05) is 0 Å². The fourth-order valence-corrected chi connectivity index (χ4v) is 3.12.